The van der Waals surface area contributed by atoms with Crippen molar-refractivity contribution >= 4 is 0 Å². The fourth-order valence-corrected chi connectivity index (χ4v) is 3.67. The second kappa shape index (κ2) is 3.52. The van der Waals surface area contributed by atoms with E-state index in [-0.39, 0.29) is 0 Å². The second-order valence-corrected chi connectivity index (χ2v) is 5.81. The van der Waals surface area contributed by atoms with Crippen LogP contribution in [0.5, 0.6) is 0 Å². The molecule has 0 aromatic heterocycles. The molecule has 1 heteroatoms. The van der Waals surface area contributed by atoms with Crippen molar-refractivity contribution in [2.24, 2.45) is 5.41 Å². The van der Waals surface area contributed by atoms with E-state index < -0.39 is 0 Å². The van der Waals surface area contributed by atoms with Gasteiger partial charge in [0.2, 0.25) is 0 Å². The lowest BCUT2D eigenvalue weighted by atomic mass is 9.57. The van der Waals surface area contributed by atoms with E-state index in [1.54, 1.807) is 0 Å². The molecule has 1 spiro atoms. The topological polar surface area (TPSA) is 12.0 Å². The highest BCUT2D eigenvalue weighted by Gasteiger charge is 2.47. The summed E-state index contributed by atoms with van der Waals surface area (Å²) in [5.41, 5.74) is 0.772. The smallest absolute Gasteiger partial charge is 0.0126 e. The maximum absolute atomic E-state index is 3.91. The summed E-state index contributed by atoms with van der Waals surface area (Å²) in [7, 11) is 0. The van der Waals surface area contributed by atoms with Gasteiger partial charge in [-0.15, -0.1) is 0 Å². The van der Waals surface area contributed by atoms with E-state index >= 15 is 0 Å². The van der Waals surface area contributed by atoms with E-state index in [2.05, 4.69) is 5.32 Å². The molecule has 80 valence electrons. The van der Waals surface area contributed by atoms with Crippen molar-refractivity contribution in [2.45, 2.75) is 76.3 Å². The highest BCUT2D eigenvalue weighted by molar-refractivity contribution is 5.03. The van der Waals surface area contributed by atoms with Crippen molar-refractivity contribution in [2.75, 3.05) is 0 Å². The van der Waals surface area contributed by atoms with Crippen LogP contribution in [0, 0.1) is 5.41 Å². The Morgan fingerprint density at radius 1 is 0.786 bits per heavy atom. The first-order valence-corrected chi connectivity index (χ1v) is 6.65. The van der Waals surface area contributed by atoms with Crippen molar-refractivity contribution in [3.63, 3.8) is 0 Å². The lowest BCUT2D eigenvalue weighted by molar-refractivity contribution is 0.0102. The third-order valence-corrected chi connectivity index (χ3v) is 5.06. The van der Waals surface area contributed by atoms with E-state index in [1.807, 2.05) is 0 Å². The summed E-state index contributed by atoms with van der Waals surface area (Å²) >= 11 is 0. The summed E-state index contributed by atoms with van der Waals surface area (Å²) < 4.78 is 0. The third-order valence-electron chi connectivity index (χ3n) is 5.06. The zero-order valence-corrected chi connectivity index (χ0v) is 9.23. The molecule has 1 nitrogen and oxygen atoms in total. The molecule has 14 heavy (non-hydrogen) atoms. The first-order chi connectivity index (χ1) is 6.89. The fourth-order valence-electron chi connectivity index (χ4n) is 3.67. The van der Waals surface area contributed by atoms with Gasteiger partial charge in [-0.2, -0.15) is 0 Å². The fraction of sp³-hybridized carbons (Fsp3) is 1.00. The third kappa shape index (κ3) is 1.41. The van der Waals surface area contributed by atoms with Gasteiger partial charge in [-0.25, -0.2) is 0 Å². The molecule has 0 bridgehead atoms. The molecule has 3 rings (SSSR count). The average molecular weight is 193 g/mol. The Labute approximate surface area is 87.7 Å². The van der Waals surface area contributed by atoms with Gasteiger partial charge in [-0.1, -0.05) is 25.7 Å². The quantitative estimate of drug-likeness (QED) is 0.710. The number of hydrogen-bond acceptors (Lipinski definition) is 1. The van der Waals surface area contributed by atoms with E-state index in [0.717, 1.165) is 17.5 Å². The van der Waals surface area contributed by atoms with Gasteiger partial charge < -0.3 is 5.32 Å². The van der Waals surface area contributed by atoms with E-state index in [0.29, 0.717) is 0 Å². The van der Waals surface area contributed by atoms with Crippen LogP contribution < -0.4 is 5.32 Å². The second-order valence-electron chi connectivity index (χ2n) is 5.81. The van der Waals surface area contributed by atoms with Crippen LogP contribution in [0.1, 0.15) is 64.2 Å². The minimum absolute atomic E-state index is 0.772. The molecule has 3 aliphatic rings. The maximum Gasteiger partial charge on any atom is 0.0126 e. The van der Waals surface area contributed by atoms with Gasteiger partial charge in [0.15, 0.2) is 0 Å². The zero-order chi connectivity index (χ0) is 9.43. The molecule has 0 heterocycles. The molecule has 0 aromatic carbocycles. The molecule has 1 atom stereocenters. The monoisotopic (exact) mass is 193 g/mol. The van der Waals surface area contributed by atoms with Gasteiger partial charge >= 0.3 is 0 Å². The van der Waals surface area contributed by atoms with Crippen LogP contribution in [-0.2, 0) is 0 Å². The van der Waals surface area contributed by atoms with E-state index in [9.17, 15) is 0 Å². The normalized spacial score (nSPS) is 36.4. The molecular weight excluding hydrogens is 170 g/mol. The minimum atomic E-state index is 0.772. The van der Waals surface area contributed by atoms with Gasteiger partial charge in [-0.3, -0.25) is 0 Å². The molecule has 3 fully saturated rings. The molecule has 3 aliphatic carbocycles. The minimum Gasteiger partial charge on any atom is -0.311 e. The van der Waals surface area contributed by atoms with Gasteiger partial charge in [-0.05, 0) is 43.9 Å². The number of nitrogens with one attached hydrogen (secondary N) is 1. The lowest BCUT2D eigenvalue weighted by Crippen LogP contribution is -2.58. The zero-order valence-electron chi connectivity index (χ0n) is 9.23. The standard InChI is InChI=1S/C13H23N/c1-2-8-13(9-3-1)10-7-12(13)14-11-5-4-6-11/h11-12,14H,1-10H2. The molecule has 3 saturated carbocycles. The van der Waals surface area contributed by atoms with Crippen LogP contribution >= 0.6 is 0 Å². The van der Waals surface area contributed by atoms with Crippen molar-refractivity contribution in [3.8, 4) is 0 Å². The average Bonchev–Trinajstić information content (AvgIpc) is 2.15. The van der Waals surface area contributed by atoms with Crippen molar-refractivity contribution in [3.05, 3.63) is 0 Å². The lowest BCUT2D eigenvalue weighted by Gasteiger charge is -2.54. The van der Waals surface area contributed by atoms with Crippen LogP contribution in [0.15, 0.2) is 0 Å². The molecule has 1 N–H and O–H groups in total. The summed E-state index contributed by atoms with van der Waals surface area (Å²) in [5.74, 6) is 0. The van der Waals surface area contributed by atoms with Crippen LogP contribution in [-0.4, -0.2) is 12.1 Å². The van der Waals surface area contributed by atoms with Crippen molar-refractivity contribution in [1.82, 2.24) is 5.32 Å². The molecule has 0 aromatic rings. The Balaban J connectivity index is 1.57. The van der Waals surface area contributed by atoms with E-state index in [1.165, 1.54) is 64.2 Å². The highest BCUT2D eigenvalue weighted by Crippen LogP contribution is 2.52. The number of hydrogen-bond donors (Lipinski definition) is 1. The molecule has 0 saturated heterocycles. The Morgan fingerprint density at radius 2 is 1.57 bits per heavy atom. The van der Waals surface area contributed by atoms with Crippen molar-refractivity contribution < 1.29 is 0 Å². The van der Waals surface area contributed by atoms with Gasteiger partial charge in [0.1, 0.15) is 0 Å². The van der Waals surface area contributed by atoms with Crippen LogP contribution in [0.25, 0.3) is 0 Å². The predicted molar refractivity (Wildman–Crippen MR) is 59.3 cm³/mol. The van der Waals surface area contributed by atoms with Crippen LogP contribution in [0.2, 0.25) is 0 Å². The Kier molecular flexibility index (Phi) is 2.31. The first-order valence-electron chi connectivity index (χ1n) is 6.65. The predicted octanol–water partition coefficient (Wildman–Crippen LogP) is 3.24. The van der Waals surface area contributed by atoms with Gasteiger partial charge in [0.05, 0.1) is 0 Å². The Morgan fingerprint density at radius 3 is 2.07 bits per heavy atom. The van der Waals surface area contributed by atoms with Gasteiger partial charge in [0.25, 0.3) is 0 Å². The highest BCUT2D eigenvalue weighted by atomic mass is 15.0. The first kappa shape index (κ1) is 9.21. The number of rotatable bonds is 2. The SMILES string of the molecule is C1CCC2(CC1)CCC2NC1CCC1. The summed E-state index contributed by atoms with van der Waals surface area (Å²) in [6.45, 7) is 0. The summed E-state index contributed by atoms with van der Waals surface area (Å²) in [6.07, 6.45) is 14.9. The molecule has 0 aliphatic heterocycles. The largest absolute Gasteiger partial charge is 0.311 e. The van der Waals surface area contributed by atoms with E-state index in [4.69, 9.17) is 0 Å². The van der Waals surface area contributed by atoms with Gasteiger partial charge in [0, 0.05) is 12.1 Å². The van der Waals surface area contributed by atoms with Crippen molar-refractivity contribution in [1.29, 1.82) is 0 Å². The Hall–Kier alpha value is -0.0400. The molecule has 0 amide bonds. The molecular formula is C13H23N. The van der Waals surface area contributed by atoms with Crippen LogP contribution in [0.3, 0.4) is 0 Å². The maximum atomic E-state index is 3.91. The Bertz CT molecular complexity index is 201. The summed E-state index contributed by atoms with van der Waals surface area (Å²) in [5, 5.41) is 3.91. The van der Waals surface area contributed by atoms with Crippen LogP contribution in [0.4, 0.5) is 0 Å². The summed E-state index contributed by atoms with van der Waals surface area (Å²) in [4.78, 5) is 0. The molecule has 0 radical (unpaired) electrons. The summed E-state index contributed by atoms with van der Waals surface area (Å²) in [6, 6.07) is 1.81. The molecule has 1 unspecified atom stereocenters.